The second-order valence-corrected chi connectivity index (χ2v) is 8.93. The second-order valence-electron chi connectivity index (χ2n) is 8.93. The van der Waals surface area contributed by atoms with Crippen molar-refractivity contribution in [2.24, 2.45) is 0 Å². The van der Waals surface area contributed by atoms with Crippen LogP contribution in [0.4, 0.5) is 0 Å². The number of carbonyl (C=O) groups is 3. The largest absolute Gasteiger partial charge is 0.394 e. The molecule has 0 aliphatic carbocycles. The minimum Gasteiger partial charge on any atom is -0.394 e. The Labute approximate surface area is 207 Å². The predicted molar refractivity (Wildman–Crippen MR) is 135 cm³/mol. The van der Waals surface area contributed by atoms with Crippen LogP contribution in [0, 0.1) is 0 Å². The molecule has 1 heterocycles. The summed E-state index contributed by atoms with van der Waals surface area (Å²) in [6, 6.07) is 17.5. The average Bonchev–Trinajstić information content (AvgIpc) is 3.37. The van der Waals surface area contributed by atoms with E-state index in [2.05, 4.69) is 10.6 Å². The lowest BCUT2D eigenvalue weighted by molar-refractivity contribution is -0.138. The molecule has 188 valence electrons. The van der Waals surface area contributed by atoms with Crippen LogP contribution in [0.25, 0.3) is 0 Å². The van der Waals surface area contributed by atoms with Crippen LogP contribution in [0.15, 0.2) is 60.7 Å². The lowest BCUT2D eigenvalue weighted by Crippen LogP contribution is -2.56. The highest BCUT2D eigenvalue weighted by atomic mass is 16.3. The lowest BCUT2D eigenvalue weighted by Gasteiger charge is -2.33. The van der Waals surface area contributed by atoms with E-state index in [1.165, 1.54) is 0 Å². The Morgan fingerprint density at radius 2 is 1.74 bits per heavy atom. The normalized spacial score (nSPS) is 17.0. The Bertz CT molecular complexity index is 970. The Morgan fingerprint density at radius 1 is 1.09 bits per heavy atom. The molecular formula is C27H36N4O4. The zero-order valence-corrected chi connectivity index (χ0v) is 20.5. The van der Waals surface area contributed by atoms with Gasteiger partial charge in [0.1, 0.15) is 6.04 Å². The number of aliphatic hydroxyl groups is 1. The van der Waals surface area contributed by atoms with Gasteiger partial charge in [0, 0.05) is 31.2 Å². The summed E-state index contributed by atoms with van der Waals surface area (Å²) in [5.41, 5.74) is 1.75. The molecule has 2 aromatic rings. The van der Waals surface area contributed by atoms with Gasteiger partial charge in [-0.1, -0.05) is 48.5 Å². The number of rotatable bonds is 11. The first-order valence-corrected chi connectivity index (χ1v) is 12.2. The van der Waals surface area contributed by atoms with Gasteiger partial charge < -0.3 is 25.5 Å². The second kappa shape index (κ2) is 13.0. The number of hydrogen-bond acceptors (Lipinski definition) is 5. The van der Waals surface area contributed by atoms with Gasteiger partial charge in [0.05, 0.1) is 12.6 Å². The predicted octanol–water partition coefficient (Wildman–Crippen LogP) is 1.45. The molecule has 1 aliphatic heterocycles. The SMILES string of the molecule is CN[C@@H](C)C(=O)N[C@@H](CO)C(=O)N1CCC[C@H]1CN(CCc1ccccc1)C(=O)c1ccccc1. The van der Waals surface area contributed by atoms with Crippen molar-refractivity contribution in [3.8, 4) is 0 Å². The molecule has 0 aromatic heterocycles. The minimum absolute atomic E-state index is 0.0734. The number of amides is 3. The first-order chi connectivity index (χ1) is 16.9. The molecule has 0 bridgehead atoms. The molecule has 0 radical (unpaired) electrons. The average molecular weight is 481 g/mol. The van der Waals surface area contributed by atoms with Crippen molar-refractivity contribution < 1.29 is 19.5 Å². The molecule has 1 saturated heterocycles. The first-order valence-electron chi connectivity index (χ1n) is 12.2. The fourth-order valence-electron chi connectivity index (χ4n) is 4.33. The standard InChI is InChI=1S/C27H36N4O4/c1-20(28-2)25(33)29-24(19-32)27(35)31-16-9-14-23(31)18-30(17-15-21-10-5-3-6-11-21)26(34)22-12-7-4-8-13-22/h3-8,10-13,20,23-24,28,32H,9,14-19H2,1-2H3,(H,29,33)/t20-,23-,24-/m0/s1. The number of nitrogens with zero attached hydrogens (tertiary/aromatic N) is 2. The number of likely N-dealkylation sites (tertiary alicyclic amines) is 1. The van der Waals surface area contributed by atoms with Crippen LogP contribution in [0.2, 0.25) is 0 Å². The molecule has 8 heteroatoms. The van der Waals surface area contributed by atoms with Gasteiger partial charge >= 0.3 is 0 Å². The van der Waals surface area contributed by atoms with Crippen molar-refractivity contribution in [2.75, 3.05) is 33.3 Å². The summed E-state index contributed by atoms with van der Waals surface area (Å²) < 4.78 is 0. The van der Waals surface area contributed by atoms with E-state index in [-0.39, 0.29) is 23.8 Å². The van der Waals surface area contributed by atoms with Gasteiger partial charge in [-0.05, 0) is 50.9 Å². The summed E-state index contributed by atoms with van der Waals surface area (Å²) in [7, 11) is 1.66. The zero-order valence-electron chi connectivity index (χ0n) is 20.5. The van der Waals surface area contributed by atoms with Crippen molar-refractivity contribution in [3.05, 3.63) is 71.8 Å². The summed E-state index contributed by atoms with van der Waals surface area (Å²) in [5.74, 6) is -0.739. The molecule has 0 spiro atoms. The highest BCUT2D eigenvalue weighted by Gasteiger charge is 2.35. The first kappa shape index (κ1) is 26.4. The van der Waals surface area contributed by atoms with E-state index < -0.39 is 18.7 Å². The fraction of sp³-hybridized carbons (Fsp3) is 0.444. The molecule has 1 fully saturated rings. The lowest BCUT2D eigenvalue weighted by atomic mass is 10.1. The third kappa shape index (κ3) is 7.13. The molecular weight excluding hydrogens is 444 g/mol. The minimum atomic E-state index is -1.01. The maximum atomic E-state index is 13.4. The van der Waals surface area contributed by atoms with Gasteiger partial charge in [-0.3, -0.25) is 14.4 Å². The molecule has 0 saturated carbocycles. The van der Waals surface area contributed by atoms with Gasteiger partial charge in [0.25, 0.3) is 5.91 Å². The van der Waals surface area contributed by atoms with Gasteiger partial charge in [-0.2, -0.15) is 0 Å². The topological polar surface area (TPSA) is 102 Å². The maximum absolute atomic E-state index is 13.4. The van der Waals surface area contributed by atoms with Crippen LogP contribution in [0.5, 0.6) is 0 Å². The van der Waals surface area contributed by atoms with Crippen molar-refractivity contribution in [3.63, 3.8) is 0 Å². The van der Waals surface area contributed by atoms with Crippen LogP contribution in [0.3, 0.4) is 0 Å². The Balaban J connectivity index is 1.73. The quantitative estimate of drug-likeness (QED) is 0.452. The summed E-state index contributed by atoms with van der Waals surface area (Å²) in [5, 5.41) is 15.3. The highest BCUT2D eigenvalue weighted by Crippen LogP contribution is 2.21. The number of aliphatic hydroxyl groups excluding tert-OH is 1. The third-order valence-corrected chi connectivity index (χ3v) is 6.54. The summed E-state index contributed by atoms with van der Waals surface area (Å²) >= 11 is 0. The number of nitrogens with one attached hydrogen (secondary N) is 2. The Hall–Kier alpha value is -3.23. The van der Waals surface area contributed by atoms with Crippen LogP contribution < -0.4 is 10.6 Å². The van der Waals surface area contributed by atoms with Crippen LogP contribution in [-0.2, 0) is 16.0 Å². The van der Waals surface area contributed by atoms with Crippen molar-refractivity contribution in [1.82, 2.24) is 20.4 Å². The molecule has 3 atom stereocenters. The van der Waals surface area contributed by atoms with Crippen molar-refractivity contribution in [2.45, 2.75) is 44.3 Å². The summed E-state index contributed by atoms with van der Waals surface area (Å²) in [6.45, 7) is 2.66. The smallest absolute Gasteiger partial charge is 0.253 e. The molecule has 3 rings (SSSR count). The van der Waals surface area contributed by atoms with E-state index in [1.54, 1.807) is 31.0 Å². The Morgan fingerprint density at radius 3 is 2.37 bits per heavy atom. The zero-order chi connectivity index (χ0) is 25.2. The van der Waals surface area contributed by atoms with Crippen LogP contribution in [-0.4, -0.2) is 84.0 Å². The molecule has 3 amide bonds. The van der Waals surface area contributed by atoms with Crippen molar-refractivity contribution in [1.29, 1.82) is 0 Å². The van der Waals surface area contributed by atoms with Crippen LogP contribution >= 0.6 is 0 Å². The number of likely N-dealkylation sites (N-methyl/N-ethyl adjacent to an activating group) is 1. The molecule has 8 nitrogen and oxygen atoms in total. The van der Waals surface area contributed by atoms with E-state index >= 15 is 0 Å². The van der Waals surface area contributed by atoms with Gasteiger partial charge in [0.2, 0.25) is 11.8 Å². The number of carbonyl (C=O) groups excluding carboxylic acids is 3. The number of hydrogen-bond donors (Lipinski definition) is 3. The highest BCUT2D eigenvalue weighted by molar-refractivity contribution is 5.94. The molecule has 35 heavy (non-hydrogen) atoms. The fourth-order valence-corrected chi connectivity index (χ4v) is 4.33. The van der Waals surface area contributed by atoms with Gasteiger partial charge in [0.15, 0.2) is 0 Å². The summed E-state index contributed by atoms with van der Waals surface area (Å²) in [4.78, 5) is 42.5. The van der Waals surface area contributed by atoms with E-state index in [4.69, 9.17) is 0 Å². The number of benzene rings is 2. The molecule has 2 aromatic carbocycles. The third-order valence-electron chi connectivity index (χ3n) is 6.54. The molecule has 0 unspecified atom stereocenters. The van der Waals surface area contributed by atoms with Crippen LogP contribution in [0.1, 0.15) is 35.7 Å². The Kier molecular flexibility index (Phi) is 9.81. The van der Waals surface area contributed by atoms with E-state index in [0.717, 1.165) is 18.4 Å². The molecule has 3 N–H and O–H groups in total. The van der Waals surface area contributed by atoms with Gasteiger partial charge in [-0.25, -0.2) is 0 Å². The van der Waals surface area contributed by atoms with E-state index in [0.29, 0.717) is 31.6 Å². The van der Waals surface area contributed by atoms with E-state index in [9.17, 15) is 19.5 Å². The maximum Gasteiger partial charge on any atom is 0.253 e. The monoisotopic (exact) mass is 480 g/mol. The summed E-state index contributed by atoms with van der Waals surface area (Å²) in [6.07, 6.45) is 2.27. The van der Waals surface area contributed by atoms with Gasteiger partial charge in [-0.15, -0.1) is 0 Å². The van der Waals surface area contributed by atoms with Crippen molar-refractivity contribution >= 4 is 17.7 Å². The van der Waals surface area contributed by atoms with E-state index in [1.807, 2.05) is 53.4 Å². The molecule has 1 aliphatic rings.